The summed E-state index contributed by atoms with van der Waals surface area (Å²) in [5.41, 5.74) is 0.458. The summed E-state index contributed by atoms with van der Waals surface area (Å²) in [4.78, 5) is 2.39. The maximum atomic E-state index is 9.87. The van der Waals surface area contributed by atoms with Gasteiger partial charge >= 0.3 is 0 Å². The van der Waals surface area contributed by atoms with Gasteiger partial charge in [0.15, 0.2) is 0 Å². The maximum Gasteiger partial charge on any atom is 0.145 e. The average Bonchev–Trinajstić information content (AvgIpc) is 2.56. The lowest BCUT2D eigenvalue weighted by Crippen LogP contribution is -2.51. The fourth-order valence-electron chi connectivity index (χ4n) is 3.44. The number of benzene rings is 1. The van der Waals surface area contributed by atoms with E-state index in [1.54, 1.807) is 0 Å². The summed E-state index contributed by atoms with van der Waals surface area (Å²) in [6.07, 6.45) is 6.53. The van der Waals surface area contributed by atoms with Crippen LogP contribution >= 0.6 is 0 Å². The average molecular weight is 285 g/mol. The van der Waals surface area contributed by atoms with Crippen molar-refractivity contribution < 1.29 is 0 Å². The predicted octanol–water partition coefficient (Wildman–Crippen LogP) is 3.28. The van der Waals surface area contributed by atoms with Crippen molar-refractivity contribution in [1.82, 2.24) is 10.2 Å². The molecule has 1 aromatic rings. The summed E-state index contributed by atoms with van der Waals surface area (Å²) in [6, 6.07) is 13.3. The molecule has 21 heavy (non-hydrogen) atoms. The zero-order valence-corrected chi connectivity index (χ0v) is 13.3. The van der Waals surface area contributed by atoms with Crippen LogP contribution in [-0.2, 0) is 5.54 Å². The fraction of sp³-hybridized carbons (Fsp3) is 0.611. The molecule has 1 aromatic carbocycles. The van der Waals surface area contributed by atoms with Crippen LogP contribution in [0.2, 0.25) is 0 Å². The standard InChI is InChI=1S/C18H27N3/c1-3-20-18(14-19,16-10-6-4-7-11-16)15-21(2)17-12-8-5-9-13-17/h4,6-7,10-11,17,20H,3,5,8-9,12-13,15H2,1-2H3. The van der Waals surface area contributed by atoms with E-state index in [0.29, 0.717) is 6.04 Å². The van der Waals surface area contributed by atoms with E-state index in [9.17, 15) is 5.26 Å². The van der Waals surface area contributed by atoms with Gasteiger partial charge < -0.3 is 4.90 Å². The molecule has 1 N–H and O–H groups in total. The molecule has 0 saturated heterocycles. The van der Waals surface area contributed by atoms with Gasteiger partial charge in [0.25, 0.3) is 0 Å². The van der Waals surface area contributed by atoms with E-state index in [-0.39, 0.29) is 0 Å². The third kappa shape index (κ3) is 3.84. The second-order valence-corrected chi connectivity index (χ2v) is 6.12. The number of likely N-dealkylation sites (N-methyl/N-ethyl adjacent to an activating group) is 2. The molecule has 0 amide bonds. The minimum atomic E-state index is -0.609. The first-order valence-electron chi connectivity index (χ1n) is 8.14. The lowest BCUT2D eigenvalue weighted by molar-refractivity contribution is 0.156. The van der Waals surface area contributed by atoms with Crippen LogP contribution in [0.4, 0.5) is 0 Å². The number of hydrogen-bond acceptors (Lipinski definition) is 3. The van der Waals surface area contributed by atoms with Crippen molar-refractivity contribution >= 4 is 0 Å². The second-order valence-electron chi connectivity index (χ2n) is 6.12. The van der Waals surface area contributed by atoms with Crippen LogP contribution in [0.5, 0.6) is 0 Å². The first-order valence-corrected chi connectivity index (χ1v) is 8.14. The van der Waals surface area contributed by atoms with Gasteiger partial charge in [0, 0.05) is 12.6 Å². The Morgan fingerprint density at radius 1 is 1.24 bits per heavy atom. The van der Waals surface area contributed by atoms with Crippen molar-refractivity contribution in [3.05, 3.63) is 35.9 Å². The van der Waals surface area contributed by atoms with Gasteiger partial charge in [-0.15, -0.1) is 0 Å². The fourth-order valence-corrected chi connectivity index (χ4v) is 3.44. The molecule has 0 spiro atoms. The van der Waals surface area contributed by atoms with E-state index in [2.05, 4.69) is 42.4 Å². The van der Waals surface area contributed by atoms with Crippen LogP contribution in [0.3, 0.4) is 0 Å². The Balaban J connectivity index is 2.18. The van der Waals surface area contributed by atoms with Crippen molar-refractivity contribution in [3.63, 3.8) is 0 Å². The van der Waals surface area contributed by atoms with Crippen LogP contribution in [0, 0.1) is 11.3 Å². The molecule has 0 bridgehead atoms. The molecule has 0 aromatic heterocycles. The third-order valence-corrected chi connectivity index (χ3v) is 4.62. The van der Waals surface area contributed by atoms with Gasteiger partial charge in [-0.1, -0.05) is 56.5 Å². The van der Waals surface area contributed by atoms with E-state index in [1.165, 1.54) is 32.1 Å². The Bertz CT molecular complexity index is 459. The topological polar surface area (TPSA) is 39.1 Å². The highest BCUT2D eigenvalue weighted by atomic mass is 15.2. The van der Waals surface area contributed by atoms with Gasteiger partial charge in [0.2, 0.25) is 0 Å². The molecule has 1 fully saturated rings. The largest absolute Gasteiger partial charge is 0.300 e. The lowest BCUT2D eigenvalue weighted by Gasteiger charge is -2.38. The molecular formula is C18H27N3. The quantitative estimate of drug-likeness (QED) is 0.872. The van der Waals surface area contributed by atoms with Crippen molar-refractivity contribution in [1.29, 1.82) is 5.26 Å². The van der Waals surface area contributed by atoms with Gasteiger partial charge in [-0.2, -0.15) is 5.26 Å². The normalized spacial score (nSPS) is 19.1. The van der Waals surface area contributed by atoms with E-state index in [0.717, 1.165) is 18.7 Å². The van der Waals surface area contributed by atoms with E-state index >= 15 is 0 Å². The van der Waals surface area contributed by atoms with E-state index in [1.807, 2.05) is 18.2 Å². The third-order valence-electron chi connectivity index (χ3n) is 4.62. The zero-order valence-electron chi connectivity index (χ0n) is 13.3. The summed E-state index contributed by atoms with van der Waals surface area (Å²) in [5.74, 6) is 0. The van der Waals surface area contributed by atoms with Crippen molar-refractivity contribution in [3.8, 4) is 6.07 Å². The first-order chi connectivity index (χ1) is 10.2. The molecule has 1 aliphatic carbocycles. The molecule has 0 aliphatic heterocycles. The van der Waals surface area contributed by atoms with Gasteiger partial charge in [-0.25, -0.2) is 0 Å². The summed E-state index contributed by atoms with van der Waals surface area (Å²) in [7, 11) is 2.17. The molecule has 0 radical (unpaired) electrons. The van der Waals surface area contributed by atoms with Crippen molar-refractivity contribution in [2.24, 2.45) is 0 Å². The number of nitrogens with zero attached hydrogens (tertiary/aromatic N) is 2. The van der Waals surface area contributed by atoms with Gasteiger partial charge in [-0.3, -0.25) is 5.32 Å². The Morgan fingerprint density at radius 2 is 1.90 bits per heavy atom. The highest BCUT2D eigenvalue weighted by molar-refractivity contribution is 5.32. The number of nitriles is 1. The number of nitrogens with one attached hydrogen (secondary N) is 1. The molecule has 3 nitrogen and oxygen atoms in total. The number of hydrogen-bond donors (Lipinski definition) is 1. The second kappa shape index (κ2) is 7.59. The van der Waals surface area contributed by atoms with Crippen LogP contribution in [0.1, 0.15) is 44.6 Å². The molecule has 3 heteroatoms. The Labute approximate surface area is 129 Å². The predicted molar refractivity (Wildman–Crippen MR) is 86.9 cm³/mol. The summed E-state index contributed by atoms with van der Waals surface area (Å²) in [6.45, 7) is 3.60. The Morgan fingerprint density at radius 3 is 2.48 bits per heavy atom. The van der Waals surface area contributed by atoms with E-state index in [4.69, 9.17) is 0 Å². The van der Waals surface area contributed by atoms with Gasteiger partial charge in [-0.05, 0) is 32.0 Å². The monoisotopic (exact) mass is 285 g/mol. The van der Waals surface area contributed by atoms with Crippen molar-refractivity contribution in [2.45, 2.75) is 50.6 Å². The summed E-state index contributed by atoms with van der Waals surface area (Å²) >= 11 is 0. The lowest BCUT2D eigenvalue weighted by atomic mass is 9.88. The minimum Gasteiger partial charge on any atom is -0.300 e. The molecule has 114 valence electrons. The van der Waals surface area contributed by atoms with Crippen LogP contribution in [-0.4, -0.2) is 31.1 Å². The SMILES string of the molecule is CCNC(C#N)(CN(C)C1CCCCC1)c1ccccc1. The molecule has 1 aliphatic rings. The molecule has 1 saturated carbocycles. The highest BCUT2D eigenvalue weighted by Gasteiger charge is 2.34. The summed E-state index contributed by atoms with van der Waals surface area (Å²) in [5, 5.41) is 13.3. The molecule has 0 heterocycles. The smallest absolute Gasteiger partial charge is 0.145 e. The Kier molecular flexibility index (Phi) is 5.78. The van der Waals surface area contributed by atoms with E-state index < -0.39 is 5.54 Å². The van der Waals surface area contributed by atoms with Gasteiger partial charge in [0.1, 0.15) is 5.54 Å². The molecule has 1 unspecified atom stereocenters. The number of rotatable bonds is 6. The molecule has 2 rings (SSSR count). The van der Waals surface area contributed by atoms with Crippen LogP contribution in [0.15, 0.2) is 30.3 Å². The minimum absolute atomic E-state index is 0.609. The Hall–Kier alpha value is -1.37. The zero-order chi connectivity index (χ0) is 15.1. The van der Waals surface area contributed by atoms with Crippen molar-refractivity contribution in [2.75, 3.05) is 20.1 Å². The molecule has 1 atom stereocenters. The van der Waals surface area contributed by atoms with Crippen LogP contribution in [0.25, 0.3) is 0 Å². The molecular weight excluding hydrogens is 258 g/mol. The highest BCUT2D eigenvalue weighted by Crippen LogP contribution is 2.26. The van der Waals surface area contributed by atoms with Gasteiger partial charge in [0.05, 0.1) is 6.07 Å². The maximum absolute atomic E-state index is 9.87. The first kappa shape index (κ1) is 16.0. The summed E-state index contributed by atoms with van der Waals surface area (Å²) < 4.78 is 0. The van der Waals surface area contributed by atoms with Crippen LogP contribution < -0.4 is 5.32 Å².